The van der Waals surface area contributed by atoms with Crippen LogP contribution < -0.4 is 10.6 Å². The molecule has 0 unspecified atom stereocenters. The number of hydrogen-bond donors (Lipinski definition) is 2. The number of amides is 3. The number of imide groups is 1. The van der Waals surface area contributed by atoms with Gasteiger partial charge in [-0.15, -0.1) is 11.3 Å². The minimum Gasteiger partial charge on any atom is -0.453 e. The van der Waals surface area contributed by atoms with Crippen LogP contribution in [0.4, 0.5) is 9.80 Å². The Labute approximate surface area is 148 Å². The molecule has 2 heterocycles. The van der Waals surface area contributed by atoms with Gasteiger partial charge in [-0.05, 0) is 37.8 Å². The van der Waals surface area contributed by atoms with E-state index in [2.05, 4.69) is 20.5 Å². The number of carbonyl (C=O) groups is 3. The van der Waals surface area contributed by atoms with Gasteiger partial charge < -0.3 is 10.1 Å². The monoisotopic (exact) mass is 362 g/mol. The maximum absolute atomic E-state index is 12.5. The molecule has 0 atom stereocenters. The average molecular weight is 362 g/mol. The lowest BCUT2D eigenvalue weighted by molar-refractivity contribution is 0.0937. The highest BCUT2D eigenvalue weighted by atomic mass is 32.1. The summed E-state index contributed by atoms with van der Waals surface area (Å²) >= 11 is 1.37. The van der Waals surface area contributed by atoms with E-state index in [9.17, 15) is 14.4 Å². The lowest BCUT2D eigenvalue weighted by Crippen LogP contribution is -2.31. The predicted octanol–water partition coefficient (Wildman–Crippen LogP) is 2.03. The first kappa shape index (κ1) is 17.2. The topological polar surface area (TPSA) is 102 Å². The van der Waals surface area contributed by atoms with Crippen LogP contribution in [0, 0.1) is 6.92 Å². The summed E-state index contributed by atoms with van der Waals surface area (Å²) in [6.45, 7) is 1.85. The van der Waals surface area contributed by atoms with Gasteiger partial charge in [0.1, 0.15) is 5.00 Å². The fourth-order valence-electron chi connectivity index (χ4n) is 2.78. The number of methoxy groups -OCH3 is 1. The maximum atomic E-state index is 12.5. The number of fused-ring (bicyclic) bond motifs is 1. The van der Waals surface area contributed by atoms with Crippen molar-refractivity contribution < 1.29 is 19.1 Å². The molecule has 0 radical (unpaired) electrons. The highest BCUT2D eigenvalue weighted by Gasteiger charge is 2.29. The molecule has 0 saturated heterocycles. The van der Waals surface area contributed by atoms with Crippen LogP contribution in [0.3, 0.4) is 0 Å². The summed E-state index contributed by atoms with van der Waals surface area (Å²) in [5, 5.41) is 9.49. The molecule has 25 heavy (non-hydrogen) atoms. The van der Waals surface area contributed by atoms with Crippen LogP contribution in [0.25, 0.3) is 0 Å². The highest BCUT2D eigenvalue weighted by molar-refractivity contribution is 7.17. The van der Waals surface area contributed by atoms with Gasteiger partial charge in [-0.1, -0.05) is 0 Å². The number of nitrogens with zero attached hydrogens (tertiary/aromatic N) is 2. The summed E-state index contributed by atoms with van der Waals surface area (Å²) < 4.78 is 6.08. The van der Waals surface area contributed by atoms with Gasteiger partial charge in [0.05, 0.1) is 12.7 Å². The van der Waals surface area contributed by atoms with E-state index < -0.39 is 17.9 Å². The minimum absolute atomic E-state index is 0.271. The minimum atomic E-state index is -0.833. The van der Waals surface area contributed by atoms with Crippen molar-refractivity contribution in [2.45, 2.75) is 26.2 Å². The number of aromatic nitrogens is 2. The summed E-state index contributed by atoms with van der Waals surface area (Å²) in [4.78, 5) is 37.3. The van der Waals surface area contributed by atoms with Crippen molar-refractivity contribution in [1.82, 2.24) is 15.1 Å². The number of alkyl carbamates (subject to hydrolysis) is 1. The van der Waals surface area contributed by atoms with Crippen molar-refractivity contribution in [3.8, 4) is 0 Å². The third-order valence-electron chi connectivity index (χ3n) is 4.12. The van der Waals surface area contributed by atoms with Crippen molar-refractivity contribution in [3.05, 3.63) is 33.5 Å². The van der Waals surface area contributed by atoms with Gasteiger partial charge in [0.15, 0.2) is 5.69 Å². The SMILES string of the molecule is COC(=O)NC(=O)c1c(NC(=O)c2cc(C)n(C)n2)sc2c1CCC2. The molecule has 0 bridgehead atoms. The van der Waals surface area contributed by atoms with E-state index in [-0.39, 0.29) is 5.69 Å². The first-order valence-electron chi connectivity index (χ1n) is 7.76. The molecule has 2 aromatic rings. The van der Waals surface area contributed by atoms with Crippen molar-refractivity contribution in [3.63, 3.8) is 0 Å². The maximum Gasteiger partial charge on any atom is 0.413 e. The molecule has 0 aromatic carbocycles. The summed E-state index contributed by atoms with van der Waals surface area (Å²) in [5.74, 6) is -0.963. The van der Waals surface area contributed by atoms with Crippen LogP contribution in [0.1, 0.15) is 43.4 Å². The van der Waals surface area contributed by atoms with E-state index >= 15 is 0 Å². The molecule has 8 nitrogen and oxygen atoms in total. The summed E-state index contributed by atoms with van der Waals surface area (Å²) in [6.07, 6.45) is 1.72. The fraction of sp³-hybridized carbons (Fsp3) is 0.375. The van der Waals surface area contributed by atoms with Crippen LogP contribution in [0.15, 0.2) is 6.07 Å². The molecule has 1 aliphatic rings. The van der Waals surface area contributed by atoms with E-state index in [1.165, 1.54) is 18.4 Å². The van der Waals surface area contributed by atoms with Crippen LogP contribution >= 0.6 is 11.3 Å². The first-order chi connectivity index (χ1) is 11.9. The third-order valence-corrected chi connectivity index (χ3v) is 5.33. The van der Waals surface area contributed by atoms with Gasteiger partial charge in [0, 0.05) is 17.6 Å². The zero-order valence-electron chi connectivity index (χ0n) is 14.1. The van der Waals surface area contributed by atoms with Crippen LogP contribution in [0.5, 0.6) is 0 Å². The summed E-state index contributed by atoms with van der Waals surface area (Å²) in [5.41, 5.74) is 2.35. The smallest absolute Gasteiger partial charge is 0.413 e. The Morgan fingerprint density at radius 2 is 2.04 bits per heavy atom. The quantitative estimate of drug-likeness (QED) is 0.870. The largest absolute Gasteiger partial charge is 0.453 e. The van der Waals surface area contributed by atoms with E-state index in [1.54, 1.807) is 17.8 Å². The van der Waals surface area contributed by atoms with Gasteiger partial charge in [-0.25, -0.2) is 4.79 Å². The Bertz CT molecular complexity index is 848. The Morgan fingerprint density at radius 3 is 2.68 bits per heavy atom. The number of aryl methyl sites for hydroxylation is 3. The molecule has 2 N–H and O–H groups in total. The molecule has 3 amide bonds. The van der Waals surface area contributed by atoms with E-state index in [0.717, 1.165) is 35.4 Å². The number of rotatable bonds is 3. The van der Waals surface area contributed by atoms with Gasteiger partial charge in [-0.3, -0.25) is 19.6 Å². The molecule has 9 heteroatoms. The number of thiophene rings is 1. The number of anilines is 1. The van der Waals surface area contributed by atoms with Crippen LogP contribution in [-0.4, -0.2) is 34.8 Å². The molecule has 132 valence electrons. The second-order valence-electron chi connectivity index (χ2n) is 5.76. The Kier molecular flexibility index (Phi) is 4.58. The molecule has 0 fully saturated rings. The van der Waals surface area contributed by atoms with Crippen molar-refractivity contribution >= 4 is 34.2 Å². The zero-order chi connectivity index (χ0) is 18.1. The number of hydrogen-bond acceptors (Lipinski definition) is 6. The third kappa shape index (κ3) is 3.27. The molecule has 1 aliphatic carbocycles. The average Bonchev–Trinajstić information content (AvgIpc) is 3.22. The molecule has 0 saturated carbocycles. The van der Waals surface area contributed by atoms with E-state index in [0.29, 0.717) is 10.6 Å². The Morgan fingerprint density at radius 1 is 1.28 bits per heavy atom. The van der Waals surface area contributed by atoms with Crippen molar-refractivity contribution in [2.75, 3.05) is 12.4 Å². The Balaban J connectivity index is 1.89. The second kappa shape index (κ2) is 6.67. The fourth-order valence-corrected chi connectivity index (χ4v) is 4.06. The molecular formula is C16H18N4O4S. The van der Waals surface area contributed by atoms with Gasteiger partial charge in [0.25, 0.3) is 11.8 Å². The van der Waals surface area contributed by atoms with Gasteiger partial charge in [0.2, 0.25) is 0 Å². The highest BCUT2D eigenvalue weighted by Crippen LogP contribution is 2.39. The van der Waals surface area contributed by atoms with E-state index in [1.807, 2.05) is 6.92 Å². The zero-order valence-corrected chi connectivity index (χ0v) is 15.0. The standard InChI is InChI=1S/C16H18N4O4S/c1-8-7-10(19-20(8)2)13(21)17-15-12(14(22)18-16(23)24-3)9-5-4-6-11(9)25-15/h7H,4-6H2,1-3H3,(H,17,21)(H,18,22,23). The van der Waals surface area contributed by atoms with E-state index in [4.69, 9.17) is 0 Å². The molecular weight excluding hydrogens is 344 g/mol. The summed E-state index contributed by atoms with van der Waals surface area (Å²) in [7, 11) is 2.94. The second-order valence-corrected chi connectivity index (χ2v) is 6.86. The lowest BCUT2D eigenvalue weighted by Gasteiger charge is -2.07. The first-order valence-corrected chi connectivity index (χ1v) is 8.58. The van der Waals surface area contributed by atoms with Gasteiger partial charge >= 0.3 is 6.09 Å². The molecule has 0 aliphatic heterocycles. The normalized spacial score (nSPS) is 12.6. The van der Waals surface area contributed by atoms with Crippen LogP contribution in [-0.2, 0) is 24.6 Å². The van der Waals surface area contributed by atoms with Crippen molar-refractivity contribution in [2.24, 2.45) is 7.05 Å². The van der Waals surface area contributed by atoms with Crippen molar-refractivity contribution in [1.29, 1.82) is 0 Å². The number of nitrogens with one attached hydrogen (secondary N) is 2. The van der Waals surface area contributed by atoms with Crippen LogP contribution in [0.2, 0.25) is 0 Å². The lowest BCUT2D eigenvalue weighted by atomic mass is 10.1. The summed E-state index contributed by atoms with van der Waals surface area (Å²) in [6, 6.07) is 1.67. The molecule has 3 rings (SSSR count). The predicted molar refractivity (Wildman–Crippen MR) is 92.1 cm³/mol. The van der Waals surface area contributed by atoms with Gasteiger partial charge in [-0.2, -0.15) is 5.10 Å². The number of carbonyl (C=O) groups excluding carboxylic acids is 3. The molecule has 0 spiro atoms. The number of ether oxygens (including phenoxy) is 1. The Hall–Kier alpha value is -2.68. The molecule has 2 aromatic heterocycles.